The number of hydrogen-bond acceptors (Lipinski definition) is 2. The van der Waals surface area contributed by atoms with Crippen molar-refractivity contribution in [2.75, 3.05) is 13.2 Å². The van der Waals surface area contributed by atoms with E-state index in [1.165, 1.54) is 18.2 Å². The molecule has 1 N–H and O–H groups in total. The van der Waals surface area contributed by atoms with Crippen LogP contribution in [0.3, 0.4) is 0 Å². The lowest BCUT2D eigenvalue weighted by atomic mass is 10.2. The number of hydrogen-bond donors (Lipinski definition) is 1. The van der Waals surface area contributed by atoms with Crippen molar-refractivity contribution >= 4 is 17.5 Å². The predicted octanol–water partition coefficient (Wildman–Crippen LogP) is 3.16. The number of ether oxygens (including phenoxy) is 1. The van der Waals surface area contributed by atoms with Crippen LogP contribution in [0.5, 0.6) is 5.75 Å². The van der Waals surface area contributed by atoms with E-state index < -0.39 is 5.82 Å². The Kier molecular flexibility index (Phi) is 6.50. The Labute approximate surface area is 111 Å². The Bertz CT molecular complexity index is 399. The van der Waals surface area contributed by atoms with Crippen molar-refractivity contribution in [1.29, 1.82) is 0 Å². The Hall–Kier alpha value is -1.29. The van der Waals surface area contributed by atoms with Crippen molar-refractivity contribution in [2.24, 2.45) is 0 Å². The molecule has 0 heterocycles. The molecule has 0 aliphatic carbocycles. The van der Waals surface area contributed by atoms with Crippen molar-refractivity contribution in [3.63, 3.8) is 0 Å². The third-order valence-corrected chi connectivity index (χ3v) is 2.65. The van der Waals surface area contributed by atoms with E-state index in [4.69, 9.17) is 16.3 Å². The summed E-state index contributed by atoms with van der Waals surface area (Å²) in [6, 6.07) is 3.99. The van der Waals surface area contributed by atoms with Gasteiger partial charge >= 0.3 is 0 Å². The molecule has 0 unspecified atom stereocenters. The summed E-state index contributed by atoms with van der Waals surface area (Å²) < 4.78 is 18.1. The first-order valence-corrected chi connectivity index (χ1v) is 6.36. The molecule has 5 heteroatoms. The van der Waals surface area contributed by atoms with E-state index in [2.05, 4.69) is 12.2 Å². The maximum absolute atomic E-state index is 12.9. The largest absolute Gasteiger partial charge is 0.484 e. The van der Waals surface area contributed by atoms with E-state index in [0.29, 0.717) is 12.3 Å². The van der Waals surface area contributed by atoms with E-state index in [0.717, 1.165) is 19.3 Å². The van der Waals surface area contributed by atoms with Gasteiger partial charge in [0, 0.05) is 12.6 Å². The molecule has 0 saturated heterocycles. The minimum Gasteiger partial charge on any atom is -0.484 e. The van der Waals surface area contributed by atoms with E-state index >= 15 is 0 Å². The summed E-state index contributed by atoms with van der Waals surface area (Å²) in [5.74, 6) is -0.315. The number of amides is 1. The van der Waals surface area contributed by atoms with Crippen molar-refractivity contribution in [3.05, 3.63) is 29.0 Å². The van der Waals surface area contributed by atoms with Gasteiger partial charge in [0.15, 0.2) is 6.61 Å². The fraction of sp³-hybridized carbons (Fsp3) is 0.462. The normalized spacial score (nSPS) is 10.2. The molecular formula is C13H17ClFNO2. The molecule has 0 bridgehead atoms. The van der Waals surface area contributed by atoms with E-state index in [9.17, 15) is 9.18 Å². The average Bonchev–Trinajstić information content (AvgIpc) is 2.36. The fourth-order valence-corrected chi connectivity index (χ4v) is 1.54. The van der Waals surface area contributed by atoms with E-state index in [-0.39, 0.29) is 17.5 Å². The number of nitrogens with one attached hydrogen (secondary N) is 1. The molecule has 0 aliphatic rings. The Morgan fingerprint density at radius 3 is 2.89 bits per heavy atom. The number of benzene rings is 1. The number of halogens is 2. The lowest BCUT2D eigenvalue weighted by molar-refractivity contribution is -0.123. The standard InChI is InChI=1S/C13H17ClFNO2/c1-2-3-4-7-16-13(17)9-18-10-5-6-12(15)11(14)8-10/h5-6,8H,2-4,7,9H2,1H3,(H,16,17). The first-order valence-electron chi connectivity index (χ1n) is 5.98. The summed E-state index contributed by atoms with van der Waals surface area (Å²) in [6.07, 6.45) is 3.17. The number of unbranched alkanes of at least 4 members (excludes halogenated alkanes) is 2. The summed E-state index contributed by atoms with van der Waals surface area (Å²) in [5.41, 5.74) is 0. The highest BCUT2D eigenvalue weighted by Gasteiger charge is 2.04. The minimum absolute atomic E-state index is 0.0177. The third kappa shape index (κ3) is 5.36. The van der Waals surface area contributed by atoms with Crippen molar-refractivity contribution < 1.29 is 13.9 Å². The highest BCUT2D eigenvalue weighted by molar-refractivity contribution is 6.30. The highest BCUT2D eigenvalue weighted by Crippen LogP contribution is 2.20. The maximum Gasteiger partial charge on any atom is 0.257 e. The van der Waals surface area contributed by atoms with Gasteiger partial charge in [-0.2, -0.15) is 0 Å². The van der Waals surface area contributed by atoms with Gasteiger partial charge in [-0.05, 0) is 18.6 Å². The van der Waals surface area contributed by atoms with E-state index in [1.54, 1.807) is 0 Å². The van der Waals surface area contributed by atoms with Crippen LogP contribution in [-0.2, 0) is 4.79 Å². The Morgan fingerprint density at radius 2 is 2.22 bits per heavy atom. The maximum atomic E-state index is 12.9. The molecule has 1 rings (SSSR count). The zero-order chi connectivity index (χ0) is 13.4. The number of carbonyl (C=O) groups excluding carboxylic acids is 1. The highest BCUT2D eigenvalue weighted by atomic mass is 35.5. The SMILES string of the molecule is CCCCCNC(=O)COc1ccc(F)c(Cl)c1. The minimum atomic E-state index is -0.506. The number of rotatable bonds is 7. The summed E-state index contributed by atoms with van der Waals surface area (Å²) in [6.45, 7) is 2.66. The van der Waals surface area contributed by atoms with Gasteiger partial charge in [0.05, 0.1) is 5.02 Å². The van der Waals surface area contributed by atoms with Crippen molar-refractivity contribution in [3.8, 4) is 5.75 Å². The summed E-state index contributed by atoms with van der Waals surface area (Å²) >= 11 is 5.59. The molecule has 0 aliphatic heterocycles. The fourth-order valence-electron chi connectivity index (χ4n) is 1.37. The molecule has 18 heavy (non-hydrogen) atoms. The van der Waals surface area contributed by atoms with Crippen LogP contribution in [0.25, 0.3) is 0 Å². The monoisotopic (exact) mass is 273 g/mol. The van der Waals surface area contributed by atoms with Crippen LogP contribution in [0.1, 0.15) is 26.2 Å². The summed E-state index contributed by atoms with van der Waals surface area (Å²) in [4.78, 5) is 11.4. The van der Waals surface area contributed by atoms with Gasteiger partial charge in [0.25, 0.3) is 5.91 Å². The average molecular weight is 274 g/mol. The molecule has 0 fully saturated rings. The molecule has 0 spiro atoms. The van der Waals surface area contributed by atoms with Gasteiger partial charge < -0.3 is 10.1 Å². The number of carbonyl (C=O) groups is 1. The van der Waals surface area contributed by atoms with E-state index in [1.807, 2.05) is 0 Å². The topological polar surface area (TPSA) is 38.3 Å². The van der Waals surface area contributed by atoms with Gasteiger partial charge in [-0.25, -0.2) is 4.39 Å². The molecule has 3 nitrogen and oxygen atoms in total. The van der Waals surface area contributed by atoms with Crippen LogP contribution in [0.15, 0.2) is 18.2 Å². The van der Waals surface area contributed by atoms with Gasteiger partial charge in [-0.15, -0.1) is 0 Å². The molecule has 100 valence electrons. The smallest absolute Gasteiger partial charge is 0.257 e. The molecule has 0 atom stereocenters. The first kappa shape index (κ1) is 14.8. The van der Waals surface area contributed by atoms with Gasteiger partial charge in [0.2, 0.25) is 0 Å². The summed E-state index contributed by atoms with van der Waals surface area (Å²) in [7, 11) is 0. The second-order valence-corrected chi connectivity index (χ2v) is 4.33. The molecule has 1 aromatic rings. The lowest BCUT2D eigenvalue weighted by Gasteiger charge is -2.07. The van der Waals surface area contributed by atoms with Crippen LogP contribution >= 0.6 is 11.6 Å². The van der Waals surface area contributed by atoms with Crippen LogP contribution in [0.2, 0.25) is 5.02 Å². The molecule has 0 aromatic heterocycles. The van der Waals surface area contributed by atoms with Crippen molar-refractivity contribution in [1.82, 2.24) is 5.32 Å². The third-order valence-electron chi connectivity index (χ3n) is 2.36. The zero-order valence-electron chi connectivity index (χ0n) is 10.3. The Morgan fingerprint density at radius 1 is 1.44 bits per heavy atom. The van der Waals surface area contributed by atoms with Gasteiger partial charge in [-0.1, -0.05) is 31.4 Å². The quantitative estimate of drug-likeness (QED) is 0.775. The molecule has 1 aromatic carbocycles. The lowest BCUT2D eigenvalue weighted by Crippen LogP contribution is -2.29. The van der Waals surface area contributed by atoms with Gasteiger partial charge in [-0.3, -0.25) is 4.79 Å². The van der Waals surface area contributed by atoms with Gasteiger partial charge in [0.1, 0.15) is 11.6 Å². The Balaban J connectivity index is 2.27. The molecule has 1 amide bonds. The zero-order valence-corrected chi connectivity index (χ0v) is 11.1. The summed E-state index contributed by atoms with van der Waals surface area (Å²) in [5, 5.41) is 2.72. The van der Waals surface area contributed by atoms with Crippen molar-refractivity contribution in [2.45, 2.75) is 26.2 Å². The van der Waals surface area contributed by atoms with Crippen LogP contribution in [0, 0.1) is 5.82 Å². The second-order valence-electron chi connectivity index (χ2n) is 3.92. The molecule has 0 saturated carbocycles. The van der Waals surface area contributed by atoms with Crippen LogP contribution in [0.4, 0.5) is 4.39 Å². The van der Waals surface area contributed by atoms with Crippen LogP contribution in [-0.4, -0.2) is 19.1 Å². The second kappa shape index (κ2) is 7.93. The first-order chi connectivity index (χ1) is 8.63. The van der Waals surface area contributed by atoms with Crippen LogP contribution < -0.4 is 10.1 Å². The molecule has 0 radical (unpaired) electrons. The predicted molar refractivity (Wildman–Crippen MR) is 69.4 cm³/mol. The molecular weight excluding hydrogens is 257 g/mol.